The number of benzene rings is 1. The fraction of sp³-hybridized carbons (Fsp3) is 0.385. The molecule has 0 saturated heterocycles. The molecule has 2 heterocycles. The van der Waals surface area contributed by atoms with Gasteiger partial charge in [0.2, 0.25) is 0 Å². The van der Waals surface area contributed by atoms with E-state index in [-0.39, 0.29) is 6.04 Å². The summed E-state index contributed by atoms with van der Waals surface area (Å²) in [5.74, 6) is 2.59. The van der Waals surface area contributed by atoms with Crippen molar-refractivity contribution in [3.05, 3.63) is 30.1 Å². The van der Waals surface area contributed by atoms with Crippen LogP contribution in [0.4, 0.5) is 0 Å². The largest absolute Gasteiger partial charge is 0.497 e. The highest BCUT2D eigenvalue weighted by Gasteiger charge is 2.19. The lowest BCUT2D eigenvalue weighted by Gasteiger charge is -2.17. The molecule has 0 bridgehead atoms. The minimum atomic E-state index is 0.192. The van der Waals surface area contributed by atoms with Gasteiger partial charge in [0.15, 0.2) is 5.82 Å². The van der Waals surface area contributed by atoms with Crippen LogP contribution in [-0.4, -0.2) is 27.9 Å². The second-order valence-corrected chi connectivity index (χ2v) is 4.56. The molecular weight excluding hydrogens is 228 g/mol. The van der Waals surface area contributed by atoms with Crippen LogP contribution in [0.5, 0.6) is 5.75 Å². The zero-order chi connectivity index (χ0) is 12.5. The van der Waals surface area contributed by atoms with Gasteiger partial charge in [-0.25, -0.2) is 9.67 Å². The average Bonchev–Trinajstić information content (AvgIpc) is 2.81. The summed E-state index contributed by atoms with van der Waals surface area (Å²) in [6.07, 6.45) is 1.88. The summed E-state index contributed by atoms with van der Waals surface area (Å²) in [5.41, 5.74) is 6.91. The molecule has 0 amide bonds. The summed E-state index contributed by atoms with van der Waals surface area (Å²) >= 11 is 0. The average molecular weight is 244 g/mol. The van der Waals surface area contributed by atoms with Crippen molar-refractivity contribution in [2.75, 3.05) is 7.11 Å². The number of aromatic nitrogens is 3. The number of fused-ring (bicyclic) bond motifs is 1. The highest BCUT2D eigenvalue weighted by atomic mass is 16.5. The molecule has 1 aromatic carbocycles. The highest BCUT2D eigenvalue weighted by Crippen LogP contribution is 2.22. The summed E-state index contributed by atoms with van der Waals surface area (Å²) < 4.78 is 7.13. The lowest BCUT2D eigenvalue weighted by atomic mass is 10.1. The van der Waals surface area contributed by atoms with Gasteiger partial charge in [-0.3, -0.25) is 0 Å². The van der Waals surface area contributed by atoms with E-state index in [0.29, 0.717) is 0 Å². The smallest absolute Gasteiger partial charge is 0.181 e. The van der Waals surface area contributed by atoms with Crippen LogP contribution in [0.15, 0.2) is 24.3 Å². The molecule has 1 unspecified atom stereocenters. The molecule has 1 aliphatic heterocycles. The van der Waals surface area contributed by atoms with Crippen LogP contribution in [0.25, 0.3) is 11.4 Å². The maximum absolute atomic E-state index is 5.93. The Morgan fingerprint density at radius 3 is 3.17 bits per heavy atom. The molecule has 94 valence electrons. The zero-order valence-electron chi connectivity index (χ0n) is 10.3. The molecule has 5 heteroatoms. The molecule has 0 fully saturated rings. The Labute approximate surface area is 106 Å². The van der Waals surface area contributed by atoms with Crippen LogP contribution < -0.4 is 10.5 Å². The Kier molecular flexibility index (Phi) is 2.76. The highest BCUT2D eigenvalue weighted by molar-refractivity contribution is 5.57. The minimum absolute atomic E-state index is 0.192. The third-order valence-electron chi connectivity index (χ3n) is 3.22. The molecule has 0 saturated carbocycles. The third kappa shape index (κ3) is 1.97. The zero-order valence-corrected chi connectivity index (χ0v) is 10.3. The van der Waals surface area contributed by atoms with Crippen LogP contribution in [0.1, 0.15) is 12.2 Å². The van der Waals surface area contributed by atoms with Gasteiger partial charge in [-0.1, -0.05) is 12.1 Å². The molecule has 1 aliphatic rings. The molecule has 1 aromatic heterocycles. The molecule has 5 nitrogen and oxygen atoms in total. The Morgan fingerprint density at radius 2 is 2.33 bits per heavy atom. The molecule has 1 atom stereocenters. The van der Waals surface area contributed by atoms with Crippen LogP contribution >= 0.6 is 0 Å². The van der Waals surface area contributed by atoms with E-state index in [9.17, 15) is 0 Å². The van der Waals surface area contributed by atoms with Crippen molar-refractivity contribution in [3.63, 3.8) is 0 Å². The van der Waals surface area contributed by atoms with Gasteiger partial charge < -0.3 is 10.5 Å². The Hall–Kier alpha value is -1.88. The lowest BCUT2D eigenvalue weighted by molar-refractivity contribution is 0.415. The van der Waals surface area contributed by atoms with Crippen molar-refractivity contribution < 1.29 is 4.74 Å². The molecule has 18 heavy (non-hydrogen) atoms. The first-order valence-electron chi connectivity index (χ1n) is 6.10. The molecular formula is C13H16N4O. The van der Waals surface area contributed by atoms with Crippen molar-refractivity contribution >= 4 is 0 Å². The number of rotatable bonds is 2. The molecule has 0 aliphatic carbocycles. The van der Waals surface area contributed by atoms with E-state index < -0.39 is 0 Å². The Bertz CT molecular complexity index is 564. The predicted octanol–water partition coefficient (Wildman–Crippen LogP) is 1.23. The van der Waals surface area contributed by atoms with Crippen molar-refractivity contribution in [1.29, 1.82) is 0 Å². The van der Waals surface area contributed by atoms with E-state index in [1.54, 1.807) is 7.11 Å². The fourth-order valence-corrected chi connectivity index (χ4v) is 2.22. The topological polar surface area (TPSA) is 66.0 Å². The number of nitrogens with two attached hydrogens (primary N) is 1. The van der Waals surface area contributed by atoms with E-state index >= 15 is 0 Å². The van der Waals surface area contributed by atoms with E-state index in [4.69, 9.17) is 10.5 Å². The van der Waals surface area contributed by atoms with Gasteiger partial charge in [0.05, 0.1) is 13.7 Å². The van der Waals surface area contributed by atoms with E-state index in [1.807, 2.05) is 28.9 Å². The molecule has 0 spiro atoms. The van der Waals surface area contributed by atoms with Crippen molar-refractivity contribution in [3.8, 4) is 17.1 Å². The van der Waals surface area contributed by atoms with Crippen molar-refractivity contribution in [2.24, 2.45) is 5.73 Å². The fourth-order valence-electron chi connectivity index (χ4n) is 2.22. The van der Waals surface area contributed by atoms with E-state index in [1.165, 1.54) is 0 Å². The maximum atomic E-state index is 5.93. The van der Waals surface area contributed by atoms with Gasteiger partial charge in [-0.15, -0.1) is 0 Å². The lowest BCUT2D eigenvalue weighted by Crippen LogP contribution is -2.32. The number of aryl methyl sites for hydroxylation is 1. The number of ether oxygens (including phenoxy) is 1. The van der Waals surface area contributed by atoms with Gasteiger partial charge in [-0.05, 0) is 18.6 Å². The SMILES string of the molecule is COc1cccc(-c2nc3n(n2)CC(N)CC3)c1. The molecule has 0 radical (unpaired) electrons. The first kappa shape index (κ1) is 11.2. The molecule has 2 aromatic rings. The van der Waals surface area contributed by atoms with Crippen LogP contribution in [0.3, 0.4) is 0 Å². The van der Waals surface area contributed by atoms with Crippen molar-refractivity contribution in [2.45, 2.75) is 25.4 Å². The Morgan fingerprint density at radius 1 is 1.44 bits per heavy atom. The molecule has 2 N–H and O–H groups in total. The summed E-state index contributed by atoms with van der Waals surface area (Å²) in [7, 11) is 1.66. The number of nitrogens with zero attached hydrogens (tertiary/aromatic N) is 3. The van der Waals surface area contributed by atoms with E-state index in [2.05, 4.69) is 10.1 Å². The van der Waals surface area contributed by atoms with Gasteiger partial charge >= 0.3 is 0 Å². The van der Waals surface area contributed by atoms with Crippen LogP contribution in [0.2, 0.25) is 0 Å². The third-order valence-corrected chi connectivity index (χ3v) is 3.22. The van der Waals surface area contributed by atoms with Gasteiger partial charge in [-0.2, -0.15) is 5.10 Å². The summed E-state index contributed by atoms with van der Waals surface area (Å²) in [6.45, 7) is 0.756. The van der Waals surface area contributed by atoms with Crippen molar-refractivity contribution in [1.82, 2.24) is 14.8 Å². The standard InChI is InChI=1S/C13H16N4O/c1-18-11-4-2-3-9(7-11)13-15-12-6-5-10(14)8-17(12)16-13/h2-4,7,10H,5-6,8,14H2,1H3. The normalized spacial score (nSPS) is 18.4. The Balaban J connectivity index is 1.97. The predicted molar refractivity (Wildman–Crippen MR) is 68.3 cm³/mol. The summed E-state index contributed by atoms with van der Waals surface area (Å²) in [6, 6.07) is 7.98. The van der Waals surface area contributed by atoms with Gasteiger partial charge in [0, 0.05) is 18.0 Å². The minimum Gasteiger partial charge on any atom is -0.497 e. The monoisotopic (exact) mass is 244 g/mol. The summed E-state index contributed by atoms with van der Waals surface area (Å²) in [4.78, 5) is 4.57. The van der Waals surface area contributed by atoms with Crippen LogP contribution in [0, 0.1) is 0 Å². The number of hydrogen-bond donors (Lipinski definition) is 1. The van der Waals surface area contributed by atoms with Crippen LogP contribution in [-0.2, 0) is 13.0 Å². The first-order valence-corrected chi connectivity index (χ1v) is 6.10. The number of methoxy groups -OCH3 is 1. The van der Waals surface area contributed by atoms with E-state index in [0.717, 1.165) is 42.3 Å². The quantitative estimate of drug-likeness (QED) is 0.862. The first-order chi connectivity index (χ1) is 8.76. The summed E-state index contributed by atoms with van der Waals surface area (Å²) in [5, 5.41) is 4.52. The molecule has 3 rings (SSSR count). The maximum Gasteiger partial charge on any atom is 0.181 e. The van der Waals surface area contributed by atoms with Gasteiger partial charge in [0.1, 0.15) is 11.6 Å². The number of hydrogen-bond acceptors (Lipinski definition) is 4. The second kappa shape index (κ2) is 4.42. The second-order valence-electron chi connectivity index (χ2n) is 4.56. The van der Waals surface area contributed by atoms with Gasteiger partial charge in [0.25, 0.3) is 0 Å².